The number of hydrogen-bond donors (Lipinski definition) is 0. The maximum absolute atomic E-state index is 11.6. The fourth-order valence-corrected chi connectivity index (χ4v) is 1.45. The second kappa shape index (κ2) is 6.69. The molecule has 0 aromatic heterocycles. The van der Waals surface area contributed by atoms with Crippen molar-refractivity contribution in [3.05, 3.63) is 11.8 Å². The third-order valence-corrected chi connectivity index (χ3v) is 2.15. The number of esters is 4. The molecule has 0 N–H and O–H groups in total. The molecule has 0 aromatic carbocycles. The molecular formula is C12H14O8. The second-order valence-electron chi connectivity index (χ2n) is 3.94. The first-order valence-corrected chi connectivity index (χ1v) is 5.71. The van der Waals surface area contributed by atoms with Crippen molar-refractivity contribution in [1.82, 2.24) is 0 Å². The predicted octanol–water partition coefficient (Wildman–Crippen LogP) is -0.146. The van der Waals surface area contributed by atoms with Crippen LogP contribution in [-0.4, -0.2) is 42.7 Å². The fraction of sp³-hybridized carbons (Fsp3) is 0.500. The van der Waals surface area contributed by atoms with Gasteiger partial charge in [0.05, 0.1) is 0 Å². The van der Waals surface area contributed by atoms with Gasteiger partial charge in [0.1, 0.15) is 6.61 Å². The fourth-order valence-electron chi connectivity index (χ4n) is 1.45. The molecule has 1 heterocycles. The van der Waals surface area contributed by atoms with E-state index in [1.54, 1.807) is 0 Å². The minimum Gasteiger partial charge on any atom is -0.462 e. The molecule has 20 heavy (non-hydrogen) atoms. The molecule has 0 spiro atoms. The predicted molar refractivity (Wildman–Crippen MR) is 61.9 cm³/mol. The molecule has 0 amide bonds. The summed E-state index contributed by atoms with van der Waals surface area (Å²) in [4.78, 5) is 44.2. The topological polar surface area (TPSA) is 105 Å². The summed E-state index contributed by atoms with van der Waals surface area (Å²) in [5.41, 5.74) is 0. The third kappa shape index (κ3) is 4.71. The summed E-state index contributed by atoms with van der Waals surface area (Å²) in [6.45, 7) is 3.19. The van der Waals surface area contributed by atoms with Gasteiger partial charge in [-0.05, 0) is 0 Å². The van der Waals surface area contributed by atoms with Gasteiger partial charge in [-0.15, -0.1) is 0 Å². The zero-order valence-corrected chi connectivity index (χ0v) is 11.2. The lowest BCUT2D eigenvalue weighted by atomic mass is 10.1. The van der Waals surface area contributed by atoms with Crippen molar-refractivity contribution < 1.29 is 38.1 Å². The molecule has 0 radical (unpaired) electrons. The first-order chi connectivity index (χ1) is 9.29. The highest BCUT2D eigenvalue weighted by atomic mass is 16.6. The highest BCUT2D eigenvalue weighted by Crippen LogP contribution is 2.19. The summed E-state index contributed by atoms with van der Waals surface area (Å²) in [6, 6.07) is 0. The Labute approximate surface area is 114 Å². The smallest absolute Gasteiger partial charge is 0.374 e. The van der Waals surface area contributed by atoms with Crippen LogP contribution < -0.4 is 0 Å². The molecular weight excluding hydrogens is 272 g/mol. The molecule has 0 unspecified atom stereocenters. The monoisotopic (exact) mass is 286 g/mol. The van der Waals surface area contributed by atoms with Crippen molar-refractivity contribution in [1.29, 1.82) is 0 Å². The molecule has 0 saturated heterocycles. The number of carbonyl (C=O) groups excluding carboxylic acids is 4. The van der Waals surface area contributed by atoms with E-state index in [1.807, 2.05) is 0 Å². The van der Waals surface area contributed by atoms with Gasteiger partial charge in [0.15, 0.2) is 12.2 Å². The average molecular weight is 286 g/mol. The summed E-state index contributed by atoms with van der Waals surface area (Å²) < 4.78 is 19.2. The Morgan fingerprint density at radius 1 is 1.15 bits per heavy atom. The van der Waals surface area contributed by atoms with E-state index in [0.717, 1.165) is 13.0 Å². The van der Waals surface area contributed by atoms with Gasteiger partial charge in [0.2, 0.25) is 5.76 Å². The van der Waals surface area contributed by atoms with Crippen LogP contribution in [0.5, 0.6) is 0 Å². The quantitative estimate of drug-likeness (QED) is 0.519. The molecule has 1 aliphatic rings. The van der Waals surface area contributed by atoms with Crippen molar-refractivity contribution >= 4 is 23.9 Å². The van der Waals surface area contributed by atoms with Crippen LogP contribution in [0.2, 0.25) is 0 Å². The van der Waals surface area contributed by atoms with Crippen LogP contribution in [0.4, 0.5) is 0 Å². The SMILES string of the molecule is CC(=O)OC[C@H]1OC(=O)C(OC(C)=O)=C[C@H]1OC(C)=O. The van der Waals surface area contributed by atoms with Crippen LogP contribution in [0.1, 0.15) is 20.8 Å². The van der Waals surface area contributed by atoms with Crippen molar-refractivity contribution in [2.24, 2.45) is 0 Å². The standard InChI is InChI=1S/C12H14O8/c1-6(13)17-5-11-9(18-7(2)14)4-10(12(16)20-11)19-8(3)15/h4,9,11H,5H2,1-3H3/t9-,11-/m1/s1. The molecule has 0 aromatic rings. The van der Waals surface area contributed by atoms with Crippen LogP contribution in [0, 0.1) is 0 Å². The Bertz CT molecular complexity index is 464. The van der Waals surface area contributed by atoms with Crippen LogP contribution >= 0.6 is 0 Å². The van der Waals surface area contributed by atoms with E-state index >= 15 is 0 Å². The van der Waals surface area contributed by atoms with Crippen LogP contribution in [0.15, 0.2) is 11.8 Å². The van der Waals surface area contributed by atoms with E-state index < -0.39 is 36.1 Å². The molecule has 8 heteroatoms. The summed E-state index contributed by atoms with van der Waals surface area (Å²) in [5.74, 6) is -3.19. The van der Waals surface area contributed by atoms with E-state index in [-0.39, 0.29) is 12.4 Å². The summed E-state index contributed by atoms with van der Waals surface area (Å²) >= 11 is 0. The van der Waals surface area contributed by atoms with Crippen LogP contribution in [-0.2, 0) is 38.1 Å². The third-order valence-electron chi connectivity index (χ3n) is 2.15. The average Bonchev–Trinajstić information content (AvgIpc) is 2.29. The minimum absolute atomic E-state index is 0.275. The lowest BCUT2D eigenvalue weighted by Gasteiger charge is -2.28. The summed E-state index contributed by atoms with van der Waals surface area (Å²) in [5, 5.41) is 0. The van der Waals surface area contributed by atoms with Gasteiger partial charge in [0, 0.05) is 26.8 Å². The van der Waals surface area contributed by atoms with E-state index in [4.69, 9.17) is 14.2 Å². The lowest BCUT2D eigenvalue weighted by molar-refractivity contribution is -0.174. The zero-order chi connectivity index (χ0) is 15.3. The second-order valence-corrected chi connectivity index (χ2v) is 3.94. The highest BCUT2D eigenvalue weighted by molar-refractivity contribution is 5.90. The number of cyclic esters (lactones) is 1. The minimum atomic E-state index is -1.00. The van der Waals surface area contributed by atoms with Gasteiger partial charge < -0.3 is 18.9 Å². The Kier molecular flexibility index (Phi) is 5.24. The maximum Gasteiger partial charge on any atom is 0.374 e. The summed E-state index contributed by atoms with van der Waals surface area (Å²) in [6.07, 6.45) is -0.850. The van der Waals surface area contributed by atoms with Crippen LogP contribution in [0.25, 0.3) is 0 Å². The molecule has 0 bridgehead atoms. The highest BCUT2D eigenvalue weighted by Gasteiger charge is 2.36. The molecule has 2 atom stereocenters. The van der Waals surface area contributed by atoms with Gasteiger partial charge in [-0.25, -0.2) is 4.79 Å². The molecule has 0 aliphatic carbocycles. The van der Waals surface area contributed by atoms with Crippen molar-refractivity contribution in [3.8, 4) is 0 Å². The van der Waals surface area contributed by atoms with Crippen molar-refractivity contribution in [3.63, 3.8) is 0 Å². The van der Waals surface area contributed by atoms with E-state index in [0.29, 0.717) is 0 Å². The number of ether oxygens (including phenoxy) is 4. The lowest BCUT2D eigenvalue weighted by Crippen LogP contribution is -2.42. The van der Waals surface area contributed by atoms with Gasteiger partial charge in [-0.1, -0.05) is 0 Å². The van der Waals surface area contributed by atoms with Gasteiger partial charge in [-0.2, -0.15) is 0 Å². The van der Waals surface area contributed by atoms with Crippen LogP contribution in [0.3, 0.4) is 0 Å². The molecule has 0 fully saturated rings. The first-order valence-electron chi connectivity index (χ1n) is 5.71. The molecule has 1 aliphatic heterocycles. The molecule has 1 rings (SSSR count). The van der Waals surface area contributed by atoms with Gasteiger partial charge in [0.25, 0.3) is 0 Å². The maximum atomic E-state index is 11.6. The Hall–Kier alpha value is -2.38. The van der Waals surface area contributed by atoms with E-state index in [9.17, 15) is 19.2 Å². The molecule has 8 nitrogen and oxygen atoms in total. The van der Waals surface area contributed by atoms with E-state index in [2.05, 4.69) is 4.74 Å². The Morgan fingerprint density at radius 3 is 2.30 bits per heavy atom. The van der Waals surface area contributed by atoms with E-state index in [1.165, 1.54) is 13.8 Å². The Balaban J connectivity index is 2.88. The van der Waals surface area contributed by atoms with Gasteiger partial charge >= 0.3 is 23.9 Å². The largest absolute Gasteiger partial charge is 0.462 e. The van der Waals surface area contributed by atoms with Gasteiger partial charge in [-0.3, -0.25) is 14.4 Å². The normalized spacial score (nSPS) is 21.4. The molecule has 0 saturated carbocycles. The van der Waals surface area contributed by atoms with Crippen molar-refractivity contribution in [2.75, 3.05) is 6.61 Å². The number of hydrogen-bond acceptors (Lipinski definition) is 8. The first kappa shape index (κ1) is 15.7. The molecule has 110 valence electrons. The number of carbonyl (C=O) groups is 4. The Morgan fingerprint density at radius 2 is 1.80 bits per heavy atom. The summed E-state index contributed by atoms with van der Waals surface area (Å²) in [7, 11) is 0. The number of rotatable bonds is 4. The zero-order valence-electron chi connectivity index (χ0n) is 11.2. The van der Waals surface area contributed by atoms with Crippen molar-refractivity contribution in [2.45, 2.75) is 33.0 Å².